The second-order valence-electron chi connectivity index (χ2n) is 5.20. The highest BCUT2D eigenvalue weighted by molar-refractivity contribution is 6.05. The summed E-state index contributed by atoms with van der Waals surface area (Å²) in [4.78, 5) is 17.1. The smallest absolute Gasteiger partial charge is 0.329 e. The largest absolute Gasteiger partial charge is 0.471 e. The van der Waals surface area contributed by atoms with Crippen molar-refractivity contribution in [2.24, 2.45) is 0 Å². The Morgan fingerprint density at radius 1 is 1.04 bits per heavy atom. The minimum absolute atomic E-state index is 0.170. The summed E-state index contributed by atoms with van der Waals surface area (Å²) in [6.07, 6.45) is -4.69. The van der Waals surface area contributed by atoms with Crippen LogP contribution in [0.25, 0.3) is 11.4 Å². The number of carbonyl (C=O) groups is 1. The number of anilines is 1. The van der Waals surface area contributed by atoms with Crippen LogP contribution in [0.2, 0.25) is 0 Å². The minimum Gasteiger partial charge on any atom is -0.329 e. The SMILES string of the molecule is CN(C(=O)c1ccccc1)c1ccc(-c2noc(C(F)(F)F)n2)cc1. The van der Waals surface area contributed by atoms with E-state index >= 15 is 0 Å². The Balaban J connectivity index is 1.80. The van der Waals surface area contributed by atoms with E-state index in [0.29, 0.717) is 16.8 Å². The monoisotopic (exact) mass is 347 g/mol. The van der Waals surface area contributed by atoms with E-state index in [2.05, 4.69) is 14.7 Å². The van der Waals surface area contributed by atoms with Gasteiger partial charge in [0.1, 0.15) is 0 Å². The maximum atomic E-state index is 12.5. The van der Waals surface area contributed by atoms with Crippen LogP contribution in [0.3, 0.4) is 0 Å². The molecule has 0 saturated carbocycles. The van der Waals surface area contributed by atoms with Crippen LogP contribution in [0.15, 0.2) is 59.1 Å². The number of benzene rings is 2. The van der Waals surface area contributed by atoms with Gasteiger partial charge in [-0.25, -0.2) is 0 Å². The molecule has 25 heavy (non-hydrogen) atoms. The zero-order valence-corrected chi connectivity index (χ0v) is 13.0. The van der Waals surface area contributed by atoms with Gasteiger partial charge in [-0.2, -0.15) is 18.2 Å². The molecular weight excluding hydrogens is 335 g/mol. The van der Waals surface area contributed by atoms with Gasteiger partial charge in [-0.15, -0.1) is 0 Å². The van der Waals surface area contributed by atoms with Crippen LogP contribution in [0.5, 0.6) is 0 Å². The molecule has 128 valence electrons. The van der Waals surface area contributed by atoms with Gasteiger partial charge in [0.2, 0.25) is 5.82 Å². The standard InChI is InChI=1S/C17H12F3N3O2/c1-23(15(24)12-5-3-2-4-6-12)13-9-7-11(8-10-13)14-21-16(25-22-14)17(18,19)20/h2-10H,1H3. The van der Waals surface area contributed by atoms with Crippen LogP contribution in [0.1, 0.15) is 16.2 Å². The average molecular weight is 347 g/mol. The molecule has 0 bridgehead atoms. The quantitative estimate of drug-likeness (QED) is 0.718. The van der Waals surface area contributed by atoms with Crippen LogP contribution in [0, 0.1) is 0 Å². The van der Waals surface area contributed by atoms with E-state index < -0.39 is 12.1 Å². The zero-order valence-electron chi connectivity index (χ0n) is 13.0. The van der Waals surface area contributed by atoms with Crippen molar-refractivity contribution >= 4 is 11.6 Å². The number of alkyl halides is 3. The Morgan fingerprint density at radius 2 is 1.68 bits per heavy atom. The number of hydrogen-bond donors (Lipinski definition) is 0. The maximum absolute atomic E-state index is 12.5. The highest BCUT2D eigenvalue weighted by atomic mass is 19.4. The first-order valence-electron chi connectivity index (χ1n) is 7.21. The van der Waals surface area contributed by atoms with Crippen molar-refractivity contribution in [3.63, 3.8) is 0 Å². The lowest BCUT2D eigenvalue weighted by molar-refractivity contribution is -0.159. The Hall–Kier alpha value is -3.16. The van der Waals surface area contributed by atoms with Crippen molar-refractivity contribution < 1.29 is 22.5 Å². The van der Waals surface area contributed by atoms with Crippen molar-refractivity contribution in [1.29, 1.82) is 0 Å². The summed E-state index contributed by atoms with van der Waals surface area (Å²) in [5, 5.41) is 3.32. The average Bonchev–Trinajstić information content (AvgIpc) is 3.12. The van der Waals surface area contributed by atoms with Crippen LogP contribution in [0.4, 0.5) is 18.9 Å². The number of amides is 1. The molecule has 0 radical (unpaired) electrons. The normalized spacial score (nSPS) is 11.4. The maximum Gasteiger partial charge on any atom is 0.471 e. The number of nitrogens with zero attached hydrogens (tertiary/aromatic N) is 3. The molecule has 1 aromatic heterocycles. The zero-order chi connectivity index (χ0) is 18.0. The molecule has 3 aromatic rings. The third-order valence-corrected chi connectivity index (χ3v) is 3.51. The predicted octanol–water partition coefficient (Wildman–Crippen LogP) is 4.03. The first kappa shape index (κ1) is 16.7. The molecule has 2 aromatic carbocycles. The van der Waals surface area contributed by atoms with Crippen molar-refractivity contribution in [2.75, 3.05) is 11.9 Å². The van der Waals surface area contributed by atoms with Gasteiger partial charge < -0.3 is 9.42 Å². The highest BCUT2D eigenvalue weighted by Gasteiger charge is 2.38. The van der Waals surface area contributed by atoms with Gasteiger partial charge in [-0.1, -0.05) is 23.4 Å². The molecule has 0 atom stereocenters. The molecule has 0 N–H and O–H groups in total. The summed E-state index contributed by atoms with van der Waals surface area (Å²) < 4.78 is 41.7. The molecule has 0 unspecified atom stereocenters. The minimum atomic E-state index is -4.69. The van der Waals surface area contributed by atoms with Crippen LogP contribution < -0.4 is 4.90 Å². The number of carbonyl (C=O) groups excluding carboxylic acids is 1. The highest BCUT2D eigenvalue weighted by Crippen LogP contribution is 2.29. The van der Waals surface area contributed by atoms with Crippen molar-refractivity contribution in [2.45, 2.75) is 6.18 Å². The Morgan fingerprint density at radius 3 is 2.24 bits per heavy atom. The Bertz CT molecular complexity index is 874. The fourth-order valence-electron chi connectivity index (χ4n) is 2.18. The van der Waals surface area contributed by atoms with E-state index in [1.807, 2.05) is 6.07 Å². The van der Waals surface area contributed by atoms with E-state index in [0.717, 1.165) is 0 Å². The molecule has 8 heteroatoms. The molecule has 5 nitrogen and oxygen atoms in total. The number of hydrogen-bond acceptors (Lipinski definition) is 4. The number of rotatable bonds is 3. The van der Waals surface area contributed by atoms with Gasteiger partial charge in [-0.05, 0) is 36.4 Å². The van der Waals surface area contributed by atoms with Gasteiger partial charge in [-0.3, -0.25) is 4.79 Å². The van der Waals surface area contributed by atoms with Gasteiger partial charge >= 0.3 is 12.1 Å². The molecule has 0 fully saturated rings. The summed E-state index contributed by atoms with van der Waals surface area (Å²) in [6, 6.07) is 15.0. The van der Waals surface area contributed by atoms with Crippen molar-refractivity contribution in [1.82, 2.24) is 10.1 Å². The topological polar surface area (TPSA) is 59.2 Å². The van der Waals surface area contributed by atoms with Crippen molar-refractivity contribution in [3.05, 3.63) is 66.1 Å². The summed E-state index contributed by atoms with van der Waals surface area (Å²) in [5.41, 5.74) is 1.46. The van der Waals surface area contributed by atoms with Crippen LogP contribution in [-0.2, 0) is 6.18 Å². The predicted molar refractivity (Wildman–Crippen MR) is 83.9 cm³/mol. The van der Waals surface area contributed by atoms with Gasteiger partial charge in [0, 0.05) is 23.9 Å². The molecule has 0 aliphatic heterocycles. The second kappa shape index (κ2) is 6.39. The number of aromatic nitrogens is 2. The van der Waals surface area contributed by atoms with Crippen molar-refractivity contribution in [3.8, 4) is 11.4 Å². The first-order chi connectivity index (χ1) is 11.9. The molecule has 1 amide bonds. The van der Waals surface area contributed by atoms with Gasteiger partial charge in [0.25, 0.3) is 5.91 Å². The first-order valence-corrected chi connectivity index (χ1v) is 7.21. The summed E-state index contributed by atoms with van der Waals surface area (Å²) >= 11 is 0. The molecular formula is C17H12F3N3O2. The number of halogens is 3. The summed E-state index contributed by atoms with van der Waals surface area (Å²) in [7, 11) is 1.61. The van der Waals surface area contributed by atoms with E-state index in [9.17, 15) is 18.0 Å². The van der Waals surface area contributed by atoms with E-state index in [1.165, 1.54) is 17.0 Å². The van der Waals surface area contributed by atoms with E-state index in [4.69, 9.17) is 0 Å². The lowest BCUT2D eigenvalue weighted by Gasteiger charge is -2.17. The molecule has 0 aliphatic rings. The molecule has 0 spiro atoms. The Labute approximate surface area is 140 Å². The second-order valence-corrected chi connectivity index (χ2v) is 5.20. The Kier molecular flexibility index (Phi) is 4.26. The molecule has 0 saturated heterocycles. The molecule has 3 rings (SSSR count). The summed E-state index contributed by atoms with van der Waals surface area (Å²) in [5.74, 6) is -1.77. The van der Waals surface area contributed by atoms with E-state index in [1.54, 1.807) is 43.4 Å². The summed E-state index contributed by atoms with van der Waals surface area (Å²) in [6.45, 7) is 0. The van der Waals surface area contributed by atoms with E-state index in [-0.39, 0.29) is 11.7 Å². The molecule has 1 heterocycles. The van der Waals surface area contributed by atoms with Gasteiger partial charge in [0.05, 0.1) is 0 Å². The van der Waals surface area contributed by atoms with Crippen LogP contribution >= 0.6 is 0 Å². The fraction of sp³-hybridized carbons (Fsp3) is 0.118. The van der Waals surface area contributed by atoms with Crippen LogP contribution in [-0.4, -0.2) is 23.1 Å². The third kappa shape index (κ3) is 3.52. The lowest BCUT2D eigenvalue weighted by Crippen LogP contribution is -2.26. The lowest BCUT2D eigenvalue weighted by atomic mass is 10.1. The third-order valence-electron chi connectivity index (χ3n) is 3.51. The fourth-order valence-corrected chi connectivity index (χ4v) is 2.18. The van der Waals surface area contributed by atoms with Gasteiger partial charge in [0.15, 0.2) is 0 Å². The molecule has 0 aliphatic carbocycles.